The molecule has 0 saturated carbocycles. The molecule has 0 aliphatic rings. The summed E-state index contributed by atoms with van der Waals surface area (Å²) >= 11 is 0. The Hall–Kier alpha value is -1.40. The summed E-state index contributed by atoms with van der Waals surface area (Å²) in [5.74, 6) is 1.85. The van der Waals surface area contributed by atoms with Gasteiger partial charge in [0.25, 0.3) is 5.89 Å². The lowest BCUT2D eigenvalue weighted by Crippen LogP contribution is -2.24. The molecule has 0 aromatic carbocycles. The number of hydrogen-bond donors (Lipinski definition) is 1. The van der Waals surface area contributed by atoms with Crippen LogP contribution in [0.1, 0.15) is 24.2 Å². The maximum Gasteiger partial charge on any atom is 0.263 e. The minimum Gasteiger partial charge on any atom is -0.361 e. The predicted molar refractivity (Wildman–Crippen MR) is 68.7 cm³/mol. The van der Waals surface area contributed by atoms with Gasteiger partial charge in [-0.3, -0.25) is 0 Å². The van der Waals surface area contributed by atoms with Gasteiger partial charge in [0, 0.05) is 12.5 Å². The molecule has 0 radical (unpaired) electrons. The van der Waals surface area contributed by atoms with E-state index in [0.717, 1.165) is 17.7 Å². The molecule has 0 aliphatic heterocycles. The third-order valence-electron chi connectivity index (χ3n) is 2.70. The highest BCUT2D eigenvalue weighted by molar-refractivity contribution is 5.85. The van der Waals surface area contributed by atoms with E-state index in [1.54, 1.807) is 0 Å². The average Bonchev–Trinajstić information content (AvgIpc) is 2.86. The summed E-state index contributed by atoms with van der Waals surface area (Å²) in [6.45, 7) is 5.74. The van der Waals surface area contributed by atoms with Crippen LogP contribution < -0.4 is 5.32 Å². The van der Waals surface area contributed by atoms with E-state index in [-0.39, 0.29) is 12.4 Å². The number of aromatic nitrogens is 3. The molecular weight excluding hydrogens is 256 g/mol. The zero-order chi connectivity index (χ0) is 12.4. The Kier molecular flexibility index (Phi) is 4.86. The molecule has 7 heteroatoms. The van der Waals surface area contributed by atoms with Gasteiger partial charge in [0.1, 0.15) is 11.3 Å². The standard InChI is InChI=1S/C11H16N4O2.ClH/c1-6(12-4)5-9-13-11(17-15-9)10-7(2)14-16-8(10)3;/h6,12H,5H2,1-4H3;1H. The first-order valence-corrected chi connectivity index (χ1v) is 5.55. The molecular formula is C11H17ClN4O2. The first kappa shape index (κ1) is 14.7. The van der Waals surface area contributed by atoms with E-state index >= 15 is 0 Å². The van der Waals surface area contributed by atoms with Crippen molar-refractivity contribution in [1.29, 1.82) is 0 Å². The van der Waals surface area contributed by atoms with Crippen LogP contribution in [0.15, 0.2) is 9.05 Å². The molecule has 1 N–H and O–H groups in total. The summed E-state index contributed by atoms with van der Waals surface area (Å²) in [4.78, 5) is 4.34. The van der Waals surface area contributed by atoms with Gasteiger partial charge in [0.2, 0.25) is 0 Å². The molecule has 2 heterocycles. The van der Waals surface area contributed by atoms with Crippen LogP contribution in [0.2, 0.25) is 0 Å². The van der Waals surface area contributed by atoms with Crippen molar-refractivity contribution in [3.05, 3.63) is 17.3 Å². The van der Waals surface area contributed by atoms with Gasteiger partial charge < -0.3 is 14.4 Å². The van der Waals surface area contributed by atoms with Crippen molar-refractivity contribution in [3.8, 4) is 11.5 Å². The van der Waals surface area contributed by atoms with Gasteiger partial charge in [0.05, 0.1) is 5.69 Å². The first-order valence-electron chi connectivity index (χ1n) is 5.55. The van der Waals surface area contributed by atoms with Gasteiger partial charge >= 0.3 is 0 Å². The Bertz CT molecular complexity index is 489. The minimum atomic E-state index is 0. The lowest BCUT2D eigenvalue weighted by Gasteiger charge is -2.04. The average molecular weight is 273 g/mol. The number of nitrogens with one attached hydrogen (secondary N) is 1. The molecule has 0 aliphatic carbocycles. The van der Waals surface area contributed by atoms with E-state index < -0.39 is 0 Å². The normalized spacial score (nSPS) is 12.2. The molecule has 6 nitrogen and oxygen atoms in total. The molecule has 0 fully saturated rings. The van der Waals surface area contributed by atoms with Crippen LogP contribution in [0.5, 0.6) is 0 Å². The second kappa shape index (κ2) is 5.97. The molecule has 18 heavy (non-hydrogen) atoms. The Morgan fingerprint density at radius 2 is 1.94 bits per heavy atom. The second-order valence-electron chi connectivity index (χ2n) is 4.11. The fourth-order valence-corrected chi connectivity index (χ4v) is 1.60. The highest BCUT2D eigenvalue weighted by Crippen LogP contribution is 2.24. The molecule has 0 bridgehead atoms. The zero-order valence-corrected chi connectivity index (χ0v) is 11.7. The lowest BCUT2D eigenvalue weighted by molar-refractivity contribution is 0.391. The van der Waals surface area contributed by atoms with E-state index in [2.05, 4.69) is 27.5 Å². The predicted octanol–water partition coefficient (Wildman–Crippen LogP) is 1.91. The molecule has 100 valence electrons. The van der Waals surface area contributed by atoms with Gasteiger partial charge in [0.15, 0.2) is 5.82 Å². The van der Waals surface area contributed by atoms with Gasteiger partial charge in [-0.15, -0.1) is 12.4 Å². The highest BCUT2D eigenvalue weighted by Gasteiger charge is 2.18. The van der Waals surface area contributed by atoms with E-state index in [0.29, 0.717) is 23.5 Å². The van der Waals surface area contributed by atoms with Crippen LogP contribution in [0.3, 0.4) is 0 Å². The number of hydrogen-bond acceptors (Lipinski definition) is 6. The summed E-state index contributed by atoms with van der Waals surface area (Å²) in [6, 6.07) is 0.310. The molecule has 2 aromatic rings. The number of nitrogens with zero attached hydrogens (tertiary/aromatic N) is 3. The van der Waals surface area contributed by atoms with Crippen molar-refractivity contribution in [1.82, 2.24) is 20.6 Å². The van der Waals surface area contributed by atoms with Gasteiger partial charge in [-0.1, -0.05) is 10.3 Å². The van der Waals surface area contributed by atoms with Crippen LogP contribution in [-0.4, -0.2) is 28.4 Å². The van der Waals surface area contributed by atoms with E-state index in [1.807, 2.05) is 20.9 Å². The summed E-state index contributed by atoms with van der Waals surface area (Å²) < 4.78 is 10.3. The maximum absolute atomic E-state index is 5.23. The highest BCUT2D eigenvalue weighted by atomic mass is 35.5. The molecule has 1 atom stereocenters. The SMILES string of the molecule is CNC(C)Cc1noc(-c2c(C)noc2C)n1.Cl. The third-order valence-corrected chi connectivity index (χ3v) is 2.70. The van der Waals surface area contributed by atoms with Crippen LogP contribution in [0.25, 0.3) is 11.5 Å². The maximum atomic E-state index is 5.23. The summed E-state index contributed by atoms with van der Waals surface area (Å²) in [5.41, 5.74) is 1.56. The van der Waals surface area contributed by atoms with Crippen molar-refractivity contribution >= 4 is 12.4 Å². The van der Waals surface area contributed by atoms with Crippen LogP contribution in [0, 0.1) is 13.8 Å². The van der Waals surface area contributed by atoms with Gasteiger partial charge in [-0.2, -0.15) is 4.98 Å². The first-order chi connectivity index (χ1) is 8.11. The Labute approximate surface area is 112 Å². The molecule has 0 saturated heterocycles. The van der Waals surface area contributed by atoms with Crippen molar-refractivity contribution < 1.29 is 9.05 Å². The monoisotopic (exact) mass is 272 g/mol. The summed E-state index contributed by atoms with van der Waals surface area (Å²) in [6.07, 6.45) is 0.726. The minimum absolute atomic E-state index is 0. The van der Waals surface area contributed by atoms with Crippen LogP contribution in [0.4, 0.5) is 0 Å². The quantitative estimate of drug-likeness (QED) is 0.916. The van der Waals surface area contributed by atoms with Crippen LogP contribution >= 0.6 is 12.4 Å². The van der Waals surface area contributed by atoms with Gasteiger partial charge in [-0.05, 0) is 27.8 Å². The smallest absolute Gasteiger partial charge is 0.263 e. The van der Waals surface area contributed by atoms with E-state index in [4.69, 9.17) is 9.05 Å². The van der Waals surface area contributed by atoms with Gasteiger partial charge in [-0.25, -0.2) is 0 Å². The fourth-order valence-electron chi connectivity index (χ4n) is 1.60. The summed E-state index contributed by atoms with van der Waals surface area (Å²) in [5, 5.41) is 10.9. The third kappa shape index (κ3) is 2.88. The Morgan fingerprint density at radius 1 is 1.22 bits per heavy atom. The Morgan fingerprint density at radius 3 is 2.50 bits per heavy atom. The second-order valence-corrected chi connectivity index (χ2v) is 4.11. The molecule has 1 unspecified atom stereocenters. The van der Waals surface area contributed by atoms with Crippen molar-refractivity contribution in [3.63, 3.8) is 0 Å². The number of halogens is 1. The molecule has 0 amide bonds. The zero-order valence-electron chi connectivity index (χ0n) is 10.9. The molecule has 2 rings (SSSR count). The molecule has 0 spiro atoms. The number of likely N-dealkylation sites (N-methyl/N-ethyl adjacent to an activating group) is 1. The van der Waals surface area contributed by atoms with Crippen molar-refractivity contribution in [2.24, 2.45) is 0 Å². The van der Waals surface area contributed by atoms with Crippen molar-refractivity contribution in [2.75, 3.05) is 7.05 Å². The number of rotatable bonds is 4. The van der Waals surface area contributed by atoms with E-state index in [9.17, 15) is 0 Å². The Balaban J connectivity index is 0.00000162. The molecule has 2 aromatic heterocycles. The largest absolute Gasteiger partial charge is 0.361 e. The number of aryl methyl sites for hydroxylation is 2. The fraction of sp³-hybridized carbons (Fsp3) is 0.545. The van der Waals surface area contributed by atoms with Crippen molar-refractivity contribution in [2.45, 2.75) is 33.2 Å². The van der Waals surface area contributed by atoms with Crippen LogP contribution in [-0.2, 0) is 6.42 Å². The lowest BCUT2D eigenvalue weighted by atomic mass is 10.2. The topological polar surface area (TPSA) is 77.0 Å². The summed E-state index contributed by atoms with van der Waals surface area (Å²) in [7, 11) is 1.90. The van der Waals surface area contributed by atoms with E-state index in [1.165, 1.54) is 0 Å².